The van der Waals surface area contributed by atoms with Crippen LogP contribution in [-0.2, 0) is 6.54 Å². The lowest BCUT2D eigenvalue weighted by Gasteiger charge is -2.33. The molecule has 1 aliphatic heterocycles. The number of aromatic nitrogens is 2. The van der Waals surface area contributed by atoms with Crippen LogP contribution in [0.2, 0.25) is 0 Å². The highest BCUT2D eigenvalue weighted by atomic mass is 35.5. The molecule has 2 aromatic rings. The van der Waals surface area contributed by atoms with Crippen LogP contribution < -0.4 is 5.32 Å². The number of benzene rings is 1. The topological polar surface area (TPSA) is 33.1 Å². The molecule has 8 heteroatoms. The van der Waals surface area contributed by atoms with Gasteiger partial charge in [-0.15, -0.1) is 24.8 Å². The molecule has 0 saturated carbocycles. The van der Waals surface area contributed by atoms with Gasteiger partial charge >= 0.3 is 6.55 Å². The van der Waals surface area contributed by atoms with E-state index >= 15 is 0 Å². The lowest BCUT2D eigenvalue weighted by Crippen LogP contribution is -2.49. The Morgan fingerprint density at radius 1 is 1.32 bits per heavy atom. The Bertz CT molecular complexity index is 606. The van der Waals surface area contributed by atoms with Crippen molar-refractivity contribution in [3.05, 3.63) is 30.1 Å². The summed E-state index contributed by atoms with van der Waals surface area (Å²) >= 11 is 0. The van der Waals surface area contributed by atoms with E-state index in [4.69, 9.17) is 0 Å². The van der Waals surface area contributed by atoms with Gasteiger partial charge in [-0.2, -0.15) is 8.78 Å². The minimum Gasteiger partial charge on any atom is -0.314 e. The number of imidazole rings is 1. The molecule has 0 aliphatic carbocycles. The predicted octanol–water partition coefficient (Wildman–Crippen LogP) is 3.07. The Morgan fingerprint density at radius 2 is 2.05 bits per heavy atom. The maximum absolute atomic E-state index is 13.3. The van der Waals surface area contributed by atoms with E-state index in [2.05, 4.69) is 22.1 Å². The smallest absolute Gasteiger partial charge is 0.314 e. The van der Waals surface area contributed by atoms with E-state index < -0.39 is 6.55 Å². The number of piperazine rings is 1. The summed E-state index contributed by atoms with van der Waals surface area (Å²) in [6.45, 7) is 2.63. The van der Waals surface area contributed by atoms with Gasteiger partial charge in [-0.25, -0.2) is 4.98 Å². The van der Waals surface area contributed by atoms with Crippen molar-refractivity contribution >= 4 is 35.8 Å². The number of para-hydroxylation sites is 2. The highest BCUT2D eigenvalue weighted by Gasteiger charge is 2.23. The van der Waals surface area contributed by atoms with Crippen LogP contribution in [0.15, 0.2) is 24.3 Å². The number of hydrogen-bond donors (Lipinski definition) is 1. The maximum Gasteiger partial charge on any atom is 0.320 e. The number of nitrogens with zero attached hydrogens (tertiary/aromatic N) is 3. The molecule has 0 radical (unpaired) electrons. The third-order valence-corrected chi connectivity index (χ3v) is 3.85. The van der Waals surface area contributed by atoms with E-state index in [9.17, 15) is 8.78 Å². The first-order valence-electron chi connectivity index (χ1n) is 6.85. The zero-order valence-electron chi connectivity index (χ0n) is 12.2. The van der Waals surface area contributed by atoms with E-state index in [-0.39, 0.29) is 24.8 Å². The Morgan fingerprint density at radius 3 is 2.73 bits per heavy atom. The van der Waals surface area contributed by atoms with Gasteiger partial charge in [-0.05, 0) is 19.1 Å². The average molecular weight is 353 g/mol. The van der Waals surface area contributed by atoms with Crippen LogP contribution in [0.25, 0.3) is 11.0 Å². The summed E-state index contributed by atoms with van der Waals surface area (Å²) in [4.78, 5) is 6.57. The van der Waals surface area contributed by atoms with E-state index in [1.807, 2.05) is 6.07 Å². The highest BCUT2D eigenvalue weighted by molar-refractivity contribution is 5.85. The lowest BCUT2D eigenvalue weighted by molar-refractivity contribution is 0.0655. The molecule has 0 unspecified atom stereocenters. The molecule has 124 valence electrons. The van der Waals surface area contributed by atoms with Crippen molar-refractivity contribution < 1.29 is 8.78 Å². The molecule has 3 rings (SSSR count). The third-order valence-electron chi connectivity index (χ3n) is 3.85. The summed E-state index contributed by atoms with van der Waals surface area (Å²) in [6.07, 6.45) is 0. The molecule has 1 atom stereocenters. The van der Waals surface area contributed by atoms with E-state index in [0.29, 0.717) is 29.4 Å². The van der Waals surface area contributed by atoms with E-state index in [0.717, 1.165) is 24.2 Å². The molecule has 4 nitrogen and oxygen atoms in total. The summed E-state index contributed by atoms with van der Waals surface area (Å²) in [5.41, 5.74) is 1.13. The van der Waals surface area contributed by atoms with Crippen LogP contribution in [0.1, 0.15) is 19.3 Å². The quantitative estimate of drug-likeness (QED) is 0.921. The minimum atomic E-state index is -2.56. The summed E-state index contributed by atoms with van der Waals surface area (Å²) in [6, 6.07) is 7.38. The van der Waals surface area contributed by atoms with Crippen molar-refractivity contribution in [1.82, 2.24) is 19.8 Å². The van der Waals surface area contributed by atoms with Crippen LogP contribution in [-0.4, -0.2) is 40.1 Å². The van der Waals surface area contributed by atoms with Gasteiger partial charge in [0, 0.05) is 25.7 Å². The van der Waals surface area contributed by atoms with Crippen molar-refractivity contribution in [2.45, 2.75) is 26.1 Å². The molecule has 1 aliphatic rings. The van der Waals surface area contributed by atoms with Crippen molar-refractivity contribution in [2.24, 2.45) is 0 Å². The Kier molecular flexibility index (Phi) is 6.99. The van der Waals surface area contributed by atoms with Crippen molar-refractivity contribution in [2.75, 3.05) is 19.6 Å². The second-order valence-electron chi connectivity index (χ2n) is 5.19. The molecular weight excluding hydrogens is 333 g/mol. The van der Waals surface area contributed by atoms with Crippen molar-refractivity contribution in [3.8, 4) is 0 Å². The van der Waals surface area contributed by atoms with Gasteiger partial charge in [0.15, 0.2) is 0 Å². The summed E-state index contributed by atoms with van der Waals surface area (Å²) < 4.78 is 27.7. The molecule has 0 spiro atoms. The molecule has 1 N–H and O–H groups in total. The number of alkyl halides is 2. The second kappa shape index (κ2) is 8.06. The Balaban J connectivity index is 0.00000121. The van der Waals surface area contributed by atoms with Crippen LogP contribution in [0, 0.1) is 0 Å². The van der Waals surface area contributed by atoms with Gasteiger partial charge in [0.2, 0.25) is 0 Å². The van der Waals surface area contributed by atoms with Crippen LogP contribution in [0.5, 0.6) is 0 Å². The summed E-state index contributed by atoms with van der Waals surface area (Å²) in [5, 5.41) is 3.30. The summed E-state index contributed by atoms with van der Waals surface area (Å²) in [5.74, 6) is 0.440. The first kappa shape index (κ1) is 19.1. The monoisotopic (exact) mass is 352 g/mol. The number of rotatable bonds is 3. The van der Waals surface area contributed by atoms with Crippen molar-refractivity contribution in [1.29, 1.82) is 0 Å². The van der Waals surface area contributed by atoms with Gasteiger partial charge in [-0.1, -0.05) is 12.1 Å². The fourth-order valence-electron chi connectivity index (χ4n) is 2.72. The number of hydrogen-bond acceptors (Lipinski definition) is 3. The molecular formula is C14H20Cl2F2N4. The van der Waals surface area contributed by atoms with Gasteiger partial charge in [-0.3, -0.25) is 9.47 Å². The predicted molar refractivity (Wildman–Crippen MR) is 88.2 cm³/mol. The molecule has 1 saturated heterocycles. The standard InChI is InChI=1S/C14H18F2N4.2ClH/c1-10-8-17-6-7-19(10)9-13-18-11-4-2-3-5-12(11)20(13)14(15)16;;/h2-5,10,14,17H,6-9H2,1H3;2*1H/t10-;;/m0../s1. The van der Waals surface area contributed by atoms with Crippen molar-refractivity contribution in [3.63, 3.8) is 0 Å². The molecule has 0 amide bonds. The Hall–Kier alpha value is -0.950. The molecule has 1 aromatic heterocycles. The molecule has 0 bridgehead atoms. The third kappa shape index (κ3) is 3.68. The summed E-state index contributed by atoms with van der Waals surface area (Å²) in [7, 11) is 0. The zero-order chi connectivity index (χ0) is 14.1. The second-order valence-corrected chi connectivity index (χ2v) is 5.19. The molecule has 1 fully saturated rings. The van der Waals surface area contributed by atoms with Gasteiger partial charge < -0.3 is 5.32 Å². The highest BCUT2D eigenvalue weighted by Crippen LogP contribution is 2.24. The number of nitrogens with one attached hydrogen (secondary N) is 1. The fourth-order valence-corrected chi connectivity index (χ4v) is 2.72. The molecule has 22 heavy (non-hydrogen) atoms. The largest absolute Gasteiger partial charge is 0.320 e. The lowest BCUT2D eigenvalue weighted by atomic mass is 10.2. The maximum atomic E-state index is 13.3. The van der Waals surface area contributed by atoms with Gasteiger partial charge in [0.25, 0.3) is 0 Å². The Labute approximate surface area is 140 Å². The van der Waals surface area contributed by atoms with Crippen LogP contribution in [0.3, 0.4) is 0 Å². The molecule has 1 aromatic carbocycles. The SMILES string of the molecule is C[C@H]1CNCCN1Cc1nc2ccccc2n1C(F)F.Cl.Cl. The van der Waals surface area contributed by atoms with E-state index in [1.54, 1.807) is 18.2 Å². The normalized spacial score (nSPS) is 19.0. The van der Waals surface area contributed by atoms with E-state index in [1.165, 1.54) is 0 Å². The first-order valence-corrected chi connectivity index (χ1v) is 6.85. The zero-order valence-corrected chi connectivity index (χ0v) is 13.8. The fraction of sp³-hybridized carbons (Fsp3) is 0.500. The van der Waals surface area contributed by atoms with Crippen LogP contribution >= 0.6 is 24.8 Å². The first-order chi connectivity index (χ1) is 9.66. The number of halogens is 4. The average Bonchev–Trinajstić information content (AvgIpc) is 2.79. The molecule has 2 heterocycles. The number of fused-ring (bicyclic) bond motifs is 1. The van der Waals surface area contributed by atoms with Crippen LogP contribution in [0.4, 0.5) is 8.78 Å². The van der Waals surface area contributed by atoms with Gasteiger partial charge in [0.1, 0.15) is 5.82 Å². The minimum absolute atomic E-state index is 0. The van der Waals surface area contributed by atoms with Gasteiger partial charge in [0.05, 0.1) is 17.6 Å².